The van der Waals surface area contributed by atoms with Crippen molar-refractivity contribution in [2.45, 2.75) is 12.7 Å². The molecule has 0 saturated heterocycles. The molecule has 0 radical (unpaired) electrons. The Kier molecular flexibility index (Phi) is 6.79. The summed E-state index contributed by atoms with van der Waals surface area (Å²) in [6, 6.07) is 14.1. The number of nitrogens with zero attached hydrogens (tertiary/aromatic N) is 1. The number of halogens is 3. The summed E-state index contributed by atoms with van der Waals surface area (Å²) in [5, 5.41) is 13.5. The lowest BCUT2D eigenvalue weighted by atomic mass is 10.1. The minimum Gasteiger partial charge on any atom is -0.383 e. The number of hydrogen-bond acceptors (Lipinski definition) is 8. The number of nitrogens with one attached hydrogen (secondary N) is 4. The Hall–Kier alpha value is -4.71. The summed E-state index contributed by atoms with van der Waals surface area (Å²) in [5.41, 5.74) is -0.763. The van der Waals surface area contributed by atoms with Gasteiger partial charge < -0.3 is 21.3 Å². The number of rotatable bonds is 8. The van der Waals surface area contributed by atoms with E-state index in [-0.39, 0.29) is 27.6 Å². The van der Waals surface area contributed by atoms with Crippen LogP contribution in [-0.2, 0) is 12.7 Å². The van der Waals surface area contributed by atoms with Crippen LogP contribution in [0.1, 0.15) is 20.8 Å². The summed E-state index contributed by atoms with van der Waals surface area (Å²) in [4.78, 5) is 41.3. The lowest BCUT2D eigenvalue weighted by molar-refractivity contribution is -0.137. The van der Waals surface area contributed by atoms with Crippen LogP contribution in [0.25, 0.3) is 10.9 Å². The first-order valence-corrected chi connectivity index (χ1v) is 12.5. The third-order valence-corrected chi connectivity index (χ3v) is 6.94. The fraction of sp³-hybridized carbons (Fsp3) is 0.111. The minimum atomic E-state index is -4.72. The third kappa shape index (κ3) is 5.18. The molecule has 0 fully saturated rings. The topological polar surface area (TPSA) is 112 Å². The second-order valence-corrected chi connectivity index (χ2v) is 9.45. The van der Waals surface area contributed by atoms with Gasteiger partial charge in [0.2, 0.25) is 0 Å². The zero-order chi connectivity index (χ0) is 27.7. The number of para-hydroxylation sites is 1. The maximum Gasteiger partial charge on any atom is 0.416 e. The lowest BCUT2D eigenvalue weighted by Gasteiger charge is -2.16. The average molecular weight is 552 g/mol. The maximum atomic E-state index is 13.6. The molecule has 0 aliphatic carbocycles. The molecular weight excluding hydrogens is 531 g/mol. The molecule has 2 aromatic heterocycles. The van der Waals surface area contributed by atoms with E-state index in [0.717, 1.165) is 39.9 Å². The van der Waals surface area contributed by atoms with Gasteiger partial charge in [0.05, 0.1) is 16.8 Å². The Morgan fingerprint density at radius 2 is 1.72 bits per heavy atom. The van der Waals surface area contributed by atoms with E-state index >= 15 is 0 Å². The van der Waals surface area contributed by atoms with E-state index in [4.69, 9.17) is 0 Å². The minimum absolute atomic E-state index is 0.0284. The van der Waals surface area contributed by atoms with Gasteiger partial charge in [0.15, 0.2) is 0 Å². The van der Waals surface area contributed by atoms with Crippen LogP contribution < -0.4 is 32.1 Å². The van der Waals surface area contributed by atoms with E-state index < -0.39 is 28.5 Å². The van der Waals surface area contributed by atoms with Crippen molar-refractivity contribution < 1.29 is 18.0 Å². The van der Waals surface area contributed by atoms with Crippen LogP contribution in [0.2, 0.25) is 0 Å². The highest BCUT2D eigenvalue weighted by molar-refractivity contribution is 7.12. The number of hydrogen-bond donors (Lipinski definition) is 4. The maximum absolute atomic E-state index is 13.6. The molecule has 198 valence electrons. The summed E-state index contributed by atoms with van der Waals surface area (Å²) in [6.07, 6.45) is -3.03. The Balaban J connectivity index is 1.38. The molecule has 2 heterocycles. The van der Waals surface area contributed by atoms with E-state index in [1.54, 1.807) is 17.6 Å². The van der Waals surface area contributed by atoms with Gasteiger partial charge in [-0.05, 0) is 47.3 Å². The van der Waals surface area contributed by atoms with Crippen molar-refractivity contribution >= 4 is 56.6 Å². The molecule has 3 aromatic carbocycles. The zero-order valence-corrected chi connectivity index (χ0v) is 21.1. The highest BCUT2D eigenvalue weighted by atomic mass is 32.1. The largest absolute Gasteiger partial charge is 0.416 e. The molecule has 39 heavy (non-hydrogen) atoms. The van der Waals surface area contributed by atoms with Gasteiger partial charge in [0, 0.05) is 36.6 Å². The number of pyridine rings is 1. The Morgan fingerprint density at radius 3 is 2.49 bits per heavy atom. The Morgan fingerprint density at radius 1 is 0.974 bits per heavy atom. The molecule has 0 bridgehead atoms. The van der Waals surface area contributed by atoms with Gasteiger partial charge >= 0.3 is 6.18 Å². The van der Waals surface area contributed by atoms with Crippen molar-refractivity contribution in [2.24, 2.45) is 0 Å². The summed E-state index contributed by atoms with van der Waals surface area (Å²) >= 11 is 1.13. The number of anilines is 5. The number of aromatic nitrogens is 1. The number of amides is 1. The normalized spacial score (nSPS) is 11.5. The van der Waals surface area contributed by atoms with E-state index in [9.17, 15) is 27.6 Å². The molecule has 1 amide bonds. The van der Waals surface area contributed by atoms with Crippen molar-refractivity contribution in [1.82, 2.24) is 4.98 Å². The van der Waals surface area contributed by atoms with E-state index in [0.29, 0.717) is 12.2 Å². The first kappa shape index (κ1) is 25.9. The smallest absolute Gasteiger partial charge is 0.383 e. The van der Waals surface area contributed by atoms with Crippen molar-refractivity contribution in [3.05, 3.63) is 103 Å². The van der Waals surface area contributed by atoms with Crippen LogP contribution in [0.15, 0.2) is 75.8 Å². The molecule has 8 nitrogen and oxygen atoms in total. The van der Waals surface area contributed by atoms with E-state index in [1.807, 2.05) is 30.3 Å². The number of benzene rings is 2. The number of carbonyl (C=O) groups excluding carboxylic acids is 1. The van der Waals surface area contributed by atoms with Crippen LogP contribution in [-0.4, -0.2) is 17.9 Å². The summed E-state index contributed by atoms with van der Waals surface area (Å²) in [7, 11) is 1.42. The third-order valence-electron chi connectivity index (χ3n) is 6.03. The van der Waals surface area contributed by atoms with E-state index in [2.05, 4.69) is 26.3 Å². The zero-order valence-electron chi connectivity index (χ0n) is 20.3. The standard InChI is InChI=1S/C27H20F3N5O3S/c1-31-21-22(24(37)23(21)36)34-16-10-15(27(28,29)30)11-17(12-16)35-26(38)25-20(7-9-39-25)33-13-14-6-8-32-19-5-3-2-4-18(14)19/h2-12,31,33-34H,13H2,1H3,(H,35,38). The molecule has 5 aromatic rings. The molecule has 0 aliphatic heterocycles. The second-order valence-electron chi connectivity index (χ2n) is 8.54. The van der Waals surface area contributed by atoms with E-state index in [1.165, 1.54) is 13.1 Å². The predicted octanol–water partition coefficient (Wildman–Crippen LogP) is 5.56. The van der Waals surface area contributed by atoms with Gasteiger partial charge in [0.25, 0.3) is 16.8 Å². The highest BCUT2D eigenvalue weighted by Crippen LogP contribution is 2.35. The second kappa shape index (κ2) is 10.2. The SMILES string of the molecule is CNc1c(Nc2cc(NC(=O)c3sccc3NCc3ccnc4ccccc34)cc(C(F)(F)F)c2)c(=O)c1=O. The monoisotopic (exact) mass is 551 g/mol. The van der Waals surface area contributed by atoms with Gasteiger partial charge in [-0.2, -0.15) is 13.2 Å². The molecule has 0 atom stereocenters. The lowest BCUT2D eigenvalue weighted by Crippen LogP contribution is -2.35. The number of carbonyl (C=O) groups is 1. The van der Waals surface area contributed by atoms with Crippen LogP contribution in [0.5, 0.6) is 0 Å². The molecule has 12 heteroatoms. The predicted molar refractivity (Wildman–Crippen MR) is 147 cm³/mol. The molecular formula is C27H20F3N5O3S. The number of alkyl halides is 3. The summed E-state index contributed by atoms with van der Waals surface area (Å²) < 4.78 is 40.8. The molecule has 0 saturated carbocycles. The molecule has 0 unspecified atom stereocenters. The first-order chi connectivity index (χ1) is 18.7. The number of thiophene rings is 1. The molecule has 5 rings (SSSR count). The molecule has 0 aliphatic rings. The van der Waals surface area contributed by atoms with Gasteiger partial charge in [0.1, 0.15) is 16.3 Å². The average Bonchev–Trinajstić information content (AvgIpc) is 3.40. The van der Waals surface area contributed by atoms with Crippen LogP contribution in [0.4, 0.5) is 41.6 Å². The van der Waals surface area contributed by atoms with Gasteiger partial charge in [-0.1, -0.05) is 18.2 Å². The fourth-order valence-electron chi connectivity index (χ4n) is 4.14. The molecule has 4 N–H and O–H groups in total. The van der Waals surface area contributed by atoms with Crippen LogP contribution in [0.3, 0.4) is 0 Å². The van der Waals surface area contributed by atoms with Crippen molar-refractivity contribution in [3.63, 3.8) is 0 Å². The Bertz CT molecular complexity index is 1770. The van der Waals surface area contributed by atoms with Crippen molar-refractivity contribution in [1.29, 1.82) is 0 Å². The molecule has 0 spiro atoms. The van der Waals surface area contributed by atoms with Crippen LogP contribution >= 0.6 is 11.3 Å². The van der Waals surface area contributed by atoms with Gasteiger partial charge in [-0.15, -0.1) is 11.3 Å². The first-order valence-electron chi connectivity index (χ1n) is 11.6. The van der Waals surface area contributed by atoms with Crippen LogP contribution in [0, 0.1) is 0 Å². The summed E-state index contributed by atoms with van der Waals surface area (Å²) in [5.74, 6) is -0.609. The summed E-state index contributed by atoms with van der Waals surface area (Å²) in [6.45, 7) is 0.396. The quantitative estimate of drug-likeness (QED) is 0.187. The highest BCUT2D eigenvalue weighted by Gasteiger charge is 2.32. The Labute approximate surface area is 223 Å². The number of fused-ring (bicyclic) bond motifs is 1. The van der Waals surface area contributed by atoms with Gasteiger partial charge in [-0.3, -0.25) is 19.4 Å². The fourth-order valence-corrected chi connectivity index (χ4v) is 4.91. The van der Waals surface area contributed by atoms with Crippen molar-refractivity contribution in [2.75, 3.05) is 28.3 Å². The van der Waals surface area contributed by atoms with Crippen molar-refractivity contribution in [3.8, 4) is 0 Å². The van der Waals surface area contributed by atoms with Gasteiger partial charge in [-0.25, -0.2) is 0 Å².